The molecule has 8 heterocycles. The number of benzene rings is 2. The summed E-state index contributed by atoms with van der Waals surface area (Å²) >= 11 is 0. The third-order valence-electron chi connectivity index (χ3n) is 13.5. The summed E-state index contributed by atoms with van der Waals surface area (Å²) in [6.45, 7) is 14.5. The van der Waals surface area contributed by atoms with E-state index in [0.717, 1.165) is 64.3 Å². The summed E-state index contributed by atoms with van der Waals surface area (Å²) in [4.78, 5) is 34.6. The largest absolute Gasteiger partial charge is 0.486 e. The number of rotatable bonds is 10. The molecule has 0 amide bonds. The van der Waals surface area contributed by atoms with E-state index in [1.54, 1.807) is 12.1 Å². The Morgan fingerprint density at radius 1 is 0.521 bits per heavy atom. The van der Waals surface area contributed by atoms with Gasteiger partial charge >= 0.3 is 0 Å². The minimum atomic E-state index is -0.631. The quantitative estimate of drug-likeness (QED) is 0.126. The molecule has 2 aromatic carbocycles. The molecular formula is C52H61ClF4N12O2. The summed E-state index contributed by atoms with van der Waals surface area (Å²) in [6, 6.07) is 14.1. The van der Waals surface area contributed by atoms with E-state index in [4.69, 9.17) is 9.47 Å². The van der Waals surface area contributed by atoms with Crippen molar-refractivity contribution in [2.24, 2.45) is 0 Å². The highest BCUT2D eigenvalue weighted by Crippen LogP contribution is 2.41. The van der Waals surface area contributed by atoms with Gasteiger partial charge in [-0.2, -0.15) is 0 Å². The molecule has 0 radical (unpaired) electrons. The van der Waals surface area contributed by atoms with Crippen LogP contribution in [0.15, 0.2) is 73.3 Å². The van der Waals surface area contributed by atoms with Crippen molar-refractivity contribution in [1.29, 1.82) is 0 Å². The zero-order valence-corrected chi connectivity index (χ0v) is 41.7. The number of nitrogens with zero attached hydrogens (tertiary/aromatic N) is 10. The Labute approximate surface area is 418 Å². The molecule has 4 aliphatic rings. The van der Waals surface area contributed by atoms with Crippen molar-refractivity contribution in [2.45, 2.75) is 77.3 Å². The highest BCUT2D eigenvalue weighted by atomic mass is 35.5. The first-order chi connectivity index (χ1) is 33.8. The molecule has 0 bridgehead atoms. The first-order valence-corrected chi connectivity index (χ1v) is 24.1. The second-order valence-electron chi connectivity index (χ2n) is 19.0. The van der Waals surface area contributed by atoms with Gasteiger partial charge in [0.2, 0.25) is 11.9 Å². The average molecular weight is 998 g/mol. The molecule has 2 saturated heterocycles. The molecule has 2 fully saturated rings. The van der Waals surface area contributed by atoms with Crippen molar-refractivity contribution in [1.82, 2.24) is 39.7 Å². The third-order valence-corrected chi connectivity index (χ3v) is 13.5. The van der Waals surface area contributed by atoms with Crippen LogP contribution in [0.4, 0.5) is 52.5 Å². The SMILES string of the molecule is CC(C)N1CCOc2c(F)cc(-c3nc(Nc4ccc(C5CCN(C)CC5)cn4)ncc3F)cc21.CC(C)N1CCOc2c(F)cc(-c3nc(Nc4ccc(C5CCN(C)CC5)cn4)ncc3F)cc21.Cl. The zero-order chi connectivity index (χ0) is 49.1. The summed E-state index contributed by atoms with van der Waals surface area (Å²) in [5, 5.41) is 6.09. The number of piperidine rings is 2. The topological polar surface area (TPSA) is 133 Å². The molecule has 2 N–H and O–H groups in total. The first kappa shape index (κ1) is 51.0. The fourth-order valence-corrected chi connectivity index (χ4v) is 9.56. The highest BCUT2D eigenvalue weighted by molar-refractivity contribution is 5.85. The summed E-state index contributed by atoms with van der Waals surface area (Å²) in [5.41, 5.74) is 4.30. The lowest BCUT2D eigenvalue weighted by atomic mass is 9.91. The number of pyridine rings is 2. The van der Waals surface area contributed by atoms with Crippen LogP contribution in [0.3, 0.4) is 0 Å². The molecule has 0 aliphatic carbocycles. The normalized spacial score (nSPS) is 16.6. The van der Waals surface area contributed by atoms with Gasteiger partial charge in [-0.1, -0.05) is 12.1 Å². The molecule has 0 spiro atoms. The molecule has 0 unspecified atom stereocenters. The van der Waals surface area contributed by atoms with Crippen LogP contribution in [0.5, 0.6) is 11.5 Å². The second-order valence-corrected chi connectivity index (χ2v) is 19.0. The standard InChI is InChI=1S/2C26H30F2N6O.ClH/c2*1-16(2)34-10-11-35-25-20(27)12-19(13-22(25)34)24-21(28)15-30-26(32-24)31-23-5-4-18(14-29-23)17-6-8-33(3)9-7-17;/h2*4-5,12-17H,6-11H2,1-3H3,(H,29,30,31,32);1H. The molecule has 4 aromatic heterocycles. The Kier molecular flexibility index (Phi) is 16.1. The van der Waals surface area contributed by atoms with E-state index in [0.29, 0.717) is 72.3 Å². The van der Waals surface area contributed by atoms with Gasteiger partial charge < -0.3 is 39.7 Å². The smallest absolute Gasteiger partial charge is 0.229 e. The molecule has 6 aromatic rings. The summed E-state index contributed by atoms with van der Waals surface area (Å²) in [7, 11) is 4.29. The van der Waals surface area contributed by atoms with Crippen molar-refractivity contribution >= 4 is 47.3 Å². The minimum Gasteiger partial charge on any atom is -0.486 e. The van der Waals surface area contributed by atoms with Crippen molar-refractivity contribution in [2.75, 3.05) is 87.0 Å². The van der Waals surface area contributed by atoms with Gasteiger partial charge in [0.05, 0.1) is 36.9 Å². The van der Waals surface area contributed by atoms with Crippen LogP contribution in [0, 0.1) is 23.3 Å². The van der Waals surface area contributed by atoms with E-state index in [2.05, 4.69) is 76.6 Å². The maximum Gasteiger partial charge on any atom is 0.229 e. The number of hydrogen-bond donors (Lipinski definition) is 2. The summed E-state index contributed by atoms with van der Waals surface area (Å²) in [5.74, 6) is 0.567. The molecular weight excluding hydrogens is 936 g/mol. The van der Waals surface area contributed by atoms with E-state index in [1.807, 2.05) is 62.0 Å². The molecule has 4 aliphatic heterocycles. The van der Waals surface area contributed by atoms with Crippen molar-refractivity contribution in [3.63, 3.8) is 0 Å². The van der Waals surface area contributed by atoms with E-state index < -0.39 is 23.3 Å². The van der Waals surface area contributed by atoms with Gasteiger partial charge in [0.1, 0.15) is 36.2 Å². The van der Waals surface area contributed by atoms with Gasteiger partial charge in [-0.3, -0.25) is 0 Å². The first-order valence-electron chi connectivity index (χ1n) is 24.1. The number of fused-ring (bicyclic) bond motifs is 2. The van der Waals surface area contributed by atoms with Crippen LogP contribution in [-0.2, 0) is 0 Å². The Balaban J connectivity index is 0.000000188. The predicted octanol–water partition coefficient (Wildman–Crippen LogP) is 10.4. The number of anilines is 6. The van der Waals surface area contributed by atoms with Gasteiger partial charge in [0.25, 0.3) is 0 Å². The molecule has 0 atom stereocenters. The zero-order valence-electron chi connectivity index (χ0n) is 40.9. The molecule has 0 saturated carbocycles. The van der Waals surface area contributed by atoms with E-state index in [-0.39, 0.29) is 59.3 Å². The number of likely N-dealkylation sites (tertiary alicyclic amines) is 2. The number of aromatic nitrogens is 6. The lowest BCUT2D eigenvalue weighted by Gasteiger charge is -2.34. The van der Waals surface area contributed by atoms with E-state index >= 15 is 0 Å². The molecule has 14 nitrogen and oxygen atoms in total. The Morgan fingerprint density at radius 3 is 1.27 bits per heavy atom. The fraction of sp³-hybridized carbons (Fsp3) is 0.423. The minimum absolute atomic E-state index is 0. The number of hydrogen-bond acceptors (Lipinski definition) is 14. The summed E-state index contributed by atoms with van der Waals surface area (Å²) in [6.07, 6.45) is 10.4. The van der Waals surface area contributed by atoms with Crippen LogP contribution < -0.4 is 29.9 Å². The Hall–Kier alpha value is -6.37. The second kappa shape index (κ2) is 22.4. The van der Waals surface area contributed by atoms with Gasteiger partial charge in [-0.25, -0.2) is 47.5 Å². The molecule has 19 heteroatoms. The molecule has 376 valence electrons. The number of ether oxygens (including phenoxy) is 2. The lowest BCUT2D eigenvalue weighted by molar-refractivity contribution is 0.255. The maximum absolute atomic E-state index is 14.9. The van der Waals surface area contributed by atoms with Gasteiger partial charge in [0.15, 0.2) is 34.8 Å². The molecule has 71 heavy (non-hydrogen) atoms. The maximum atomic E-state index is 14.9. The van der Waals surface area contributed by atoms with Crippen LogP contribution in [0.1, 0.15) is 76.3 Å². The van der Waals surface area contributed by atoms with Gasteiger partial charge in [0, 0.05) is 35.6 Å². The summed E-state index contributed by atoms with van der Waals surface area (Å²) < 4.78 is 70.4. The predicted molar refractivity (Wildman–Crippen MR) is 272 cm³/mol. The molecule has 10 rings (SSSR count). The number of halogens is 5. The van der Waals surface area contributed by atoms with E-state index in [1.165, 1.54) is 23.3 Å². The van der Waals surface area contributed by atoms with Crippen molar-refractivity contribution < 1.29 is 27.0 Å². The Bertz CT molecular complexity index is 2590. The van der Waals surface area contributed by atoms with Gasteiger partial charge in [-0.15, -0.1) is 12.4 Å². The Morgan fingerprint density at radius 2 is 0.915 bits per heavy atom. The van der Waals surface area contributed by atoms with Gasteiger partial charge in [-0.05, 0) is 153 Å². The lowest BCUT2D eigenvalue weighted by Crippen LogP contribution is -2.38. The van der Waals surface area contributed by atoms with Crippen molar-refractivity contribution in [3.05, 3.63) is 108 Å². The van der Waals surface area contributed by atoms with Crippen LogP contribution in [-0.4, -0.2) is 118 Å². The van der Waals surface area contributed by atoms with Crippen molar-refractivity contribution in [3.8, 4) is 34.0 Å². The third kappa shape index (κ3) is 11.7. The number of nitrogens with one attached hydrogen (secondary N) is 2. The fourth-order valence-electron chi connectivity index (χ4n) is 9.56. The van der Waals surface area contributed by atoms with E-state index in [9.17, 15) is 17.6 Å². The highest BCUT2D eigenvalue weighted by Gasteiger charge is 2.28. The van der Waals surface area contributed by atoms with Crippen LogP contribution in [0.25, 0.3) is 22.5 Å². The van der Waals surface area contributed by atoms with Crippen LogP contribution in [0.2, 0.25) is 0 Å². The monoisotopic (exact) mass is 996 g/mol. The average Bonchev–Trinajstić information content (AvgIpc) is 3.36. The van der Waals surface area contributed by atoms with Crippen LogP contribution >= 0.6 is 12.4 Å².